The van der Waals surface area contributed by atoms with Gasteiger partial charge in [-0.1, -0.05) is 23.7 Å². The fraction of sp³-hybridized carbons (Fsp3) is 0.105. The quantitative estimate of drug-likeness (QED) is 0.384. The van der Waals surface area contributed by atoms with Crippen LogP contribution < -0.4 is 10.1 Å². The zero-order chi connectivity index (χ0) is 19.1. The van der Waals surface area contributed by atoms with Crippen LogP contribution in [0.1, 0.15) is 11.1 Å². The predicted octanol–water partition coefficient (Wildman–Crippen LogP) is 4.70. The molecule has 0 bridgehead atoms. The maximum atomic E-state index is 12.3. The number of ether oxygens (including phenoxy) is 1. The highest BCUT2D eigenvalue weighted by molar-refractivity contribution is 14.1. The summed E-state index contributed by atoms with van der Waals surface area (Å²) in [4.78, 5) is 12.3. The monoisotopic (exact) mass is 477 g/mol. The van der Waals surface area contributed by atoms with Crippen molar-refractivity contribution in [2.75, 3.05) is 11.9 Å². The first kappa shape index (κ1) is 19.8. The Bertz CT molecular complexity index is 958. The van der Waals surface area contributed by atoms with Gasteiger partial charge < -0.3 is 10.1 Å². The van der Waals surface area contributed by atoms with Gasteiger partial charge in [-0.15, -0.1) is 0 Å². The summed E-state index contributed by atoms with van der Waals surface area (Å²) in [7, 11) is 0. The Morgan fingerprint density at radius 1 is 1.31 bits per heavy atom. The highest BCUT2D eigenvalue weighted by Gasteiger charge is 2.11. The maximum absolute atomic E-state index is 12.3. The number of amides is 1. The van der Waals surface area contributed by atoms with Gasteiger partial charge in [0.05, 0.1) is 3.57 Å². The fourth-order valence-corrected chi connectivity index (χ4v) is 2.89. The van der Waals surface area contributed by atoms with Gasteiger partial charge in [0.25, 0.3) is 5.91 Å². The average molecular weight is 478 g/mol. The second-order valence-corrected chi connectivity index (χ2v) is 6.79. The van der Waals surface area contributed by atoms with Crippen molar-refractivity contribution >= 4 is 51.9 Å². The Kier molecular flexibility index (Phi) is 7.02. The van der Waals surface area contributed by atoms with Crippen LogP contribution in [0, 0.1) is 33.2 Å². The molecule has 1 N–H and O–H groups in total. The molecule has 2 rings (SSSR count). The number of anilines is 1. The van der Waals surface area contributed by atoms with Crippen molar-refractivity contribution in [2.45, 2.75) is 6.92 Å². The largest absolute Gasteiger partial charge is 0.478 e. The third-order valence-corrected chi connectivity index (χ3v) is 4.60. The SMILES string of the molecule is Cc1ccc(NC(=O)/C(C#N)=C\c2ccc(OCC#N)c(I)c2)cc1Cl. The molecule has 26 heavy (non-hydrogen) atoms. The van der Waals surface area contributed by atoms with E-state index >= 15 is 0 Å². The third-order valence-electron chi connectivity index (χ3n) is 3.35. The number of carbonyl (C=O) groups excluding carboxylic acids is 1. The molecule has 0 radical (unpaired) electrons. The van der Waals surface area contributed by atoms with E-state index in [4.69, 9.17) is 21.6 Å². The molecule has 0 heterocycles. The van der Waals surface area contributed by atoms with Gasteiger partial charge in [-0.3, -0.25) is 4.79 Å². The molecule has 0 aliphatic heterocycles. The lowest BCUT2D eigenvalue weighted by atomic mass is 10.1. The molecule has 0 aliphatic carbocycles. The lowest BCUT2D eigenvalue weighted by Gasteiger charge is -2.07. The van der Waals surface area contributed by atoms with Gasteiger partial charge in [0, 0.05) is 10.7 Å². The minimum absolute atomic E-state index is 0.0387. The topological polar surface area (TPSA) is 85.9 Å². The van der Waals surface area contributed by atoms with Crippen molar-refractivity contribution in [2.24, 2.45) is 0 Å². The summed E-state index contributed by atoms with van der Waals surface area (Å²) in [6.07, 6.45) is 1.49. The average Bonchev–Trinajstić information content (AvgIpc) is 2.62. The van der Waals surface area contributed by atoms with Crippen LogP contribution in [0.5, 0.6) is 5.75 Å². The molecular formula is C19H13ClIN3O2. The minimum Gasteiger partial charge on any atom is -0.478 e. The first-order chi connectivity index (χ1) is 12.4. The van der Waals surface area contributed by atoms with Crippen LogP contribution in [-0.2, 0) is 4.79 Å². The van der Waals surface area contributed by atoms with E-state index in [1.165, 1.54) is 6.08 Å². The van der Waals surface area contributed by atoms with Crippen molar-refractivity contribution < 1.29 is 9.53 Å². The smallest absolute Gasteiger partial charge is 0.266 e. The molecule has 7 heteroatoms. The molecule has 2 aromatic rings. The normalized spacial score (nSPS) is 10.6. The molecule has 0 fully saturated rings. The van der Waals surface area contributed by atoms with Crippen LogP contribution in [0.2, 0.25) is 5.02 Å². The number of hydrogen-bond donors (Lipinski definition) is 1. The summed E-state index contributed by atoms with van der Waals surface area (Å²) < 4.78 is 6.05. The minimum atomic E-state index is -0.521. The van der Waals surface area contributed by atoms with E-state index in [9.17, 15) is 10.1 Å². The molecule has 0 saturated carbocycles. The Labute approximate surface area is 170 Å². The molecule has 130 valence electrons. The molecule has 2 aromatic carbocycles. The Balaban J connectivity index is 2.20. The predicted molar refractivity (Wildman–Crippen MR) is 109 cm³/mol. The molecule has 0 aromatic heterocycles. The first-order valence-corrected chi connectivity index (χ1v) is 8.89. The molecule has 0 atom stereocenters. The van der Waals surface area contributed by atoms with Gasteiger partial charge >= 0.3 is 0 Å². The summed E-state index contributed by atoms with van der Waals surface area (Å²) in [6, 6.07) is 14.1. The number of hydrogen-bond acceptors (Lipinski definition) is 4. The van der Waals surface area contributed by atoms with Crippen molar-refractivity contribution in [3.05, 3.63) is 61.7 Å². The zero-order valence-electron chi connectivity index (χ0n) is 13.7. The van der Waals surface area contributed by atoms with Crippen LogP contribution >= 0.6 is 34.2 Å². The van der Waals surface area contributed by atoms with Crippen LogP contribution in [0.25, 0.3) is 6.08 Å². The van der Waals surface area contributed by atoms with Crippen molar-refractivity contribution in [3.8, 4) is 17.9 Å². The first-order valence-electron chi connectivity index (χ1n) is 7.43. The summed E-state index contributed by atoms with van der Waals surface area (Å²) in [6.45, 7) is 1.82. The van der Waals surface area contributed by atoms with Gasteiger partial charge in [0.15, 0.2) is 6.61 Å². The number of nitrogens with zero attached hydrogens (tertiary/aromatic N) is 2. The van der Waals surface area contributed by atoms with E-state index < -0.39 is 5.91 Å². The van der Waals surface area contributed by atoms with Gasteiger partial charge in [0.2, 0.25) is 0 Å². The fourth-order valence-electron chi connectivity index (χ4n) is 2.02. The third kappa shape index (κ3) is 5.22. The lowest BCUT2D eigenvalue weighted by molar-refractivity contribution is -0.112. The molecule has 0 spiro atoms. The summed E-state index contributed by atoms with van der Waals surface area (Å²) in [5.74, 6) is 0.0498. The van der Waals surface area contributed by atoms with E-state index in [1.807, 2.05) is 19.1 Å². The van der Waals surface area contributed by atoms with Crippen LogP contribution in [0.15, 0.2) is 42.0 Å². The standard InChI is InChI=1S/C19H13ClIN3O2/c1-12-2-4-15(10-16(12)20)24-19(25)14(11-23)8-13-3-5-18(17(21)9-13)26-7-6-22/h2-5,8-10H,7H2,1H3,(H,24,25)/b14-8-. The van der Waals surface area contributed by atoms with Crippen LogP contribution in [0.4, 0.5) is 5.69 Å². The molecule has 1 amide bonds. The highest BCUT2D eigenvalue weighted by atomic mass is 127. The summed E-state index contributed by atoms with van der Waals surface area (Å²) >= 11 is 8.11. The van der Waals surface area contributed by atoms with Gasteiger partial charge in [-0.25, -0.2) is 0 Å². The van der Waals surface area contributed by atoms with E-state index in [2.05, 4.69) is 27.9 Å². The number of benzene rings is 2. The van der Waals surface area contributed by atoms with Gasteiger partial charge in [0.1, 0.15) is 23.5 Å². The highest BCUT2D eigenvalue weighted by Crippen LogP contribution is 2.24. The maximum Gasteiger partial charge on any atom is 0.266 e. The molecule has 0 aliphatic rings. The molecule has 0 saturated heterocycles. The van der Waals surface area contributed by atoms with E-state index in [-0.39, 0.29) is 12.2 Å². The number of nitrogens with one attached hydrogen (secondary N) is 1. The Hall–Kier alpha value is -2.55. The number of aryl methyl sites for hydroxylation is 1. The van der Waals surface area contributed by atoms with Crippen molar-refractivity contribution in [3.63, 3.8) is 0 Å². The van der Waals surface area contributed by atoms with E-state index in [0.717, 1.165) is 9.13 Å². The second-order valence-electron chi connectivity index (χ2n) is 5.22. The van der Waals surface area contributed by atoms with Gasteiger partial charge in [-0.05, 0) is 71.0 Å². The number of rotatable bonds is 5. The van der Waals surface area contributed by atoms with E-state index in [0.29, 0.717) is 22.0 Å². The molecule has 5 nitrogen and oxygen atoms in total. The molecular weight excluding hydrogens is 465 g/mol. The number of halogens is 2. The Morgan fingerprint density at radius 3 is 2.69 bits per heavy atom. The summed E-state index contributed by atoms with van der Waals surface area (Å²) in [5, 5.41) is 21.1. The van der Waals surface area contributed by atoms with Crippen molar-refractivity contribution in [1.82, 2.24) is 0 Å². The second kappa shape index (κ2) is 9.23. The Morgan fingerprint density at radius 2 is 2.08 bits per heavy atom. The summed E-state index contributed by atoms with van der Waals surface area (Å²) in [5.41, 5.74) is 2.05. The lowest BCUT2D eigenvalue weighted by Crippen LogP contribution is -2.13. The van der Waals surface area contributed by atoms with Crippen LogP contribution in [0.3, 0.4) is 0 Å². The van der Waals surface area contributed by atoms with Gasteiger partial charge in [-0.2, -0.15) is 10.5 Å². The zero-order valence-corrected chi connectivity index (χ0v) is 16.6. The van der Waals surface area contributed by atoms with Crippen LogP contribution in [-0.4, -0.2) is 12.5 Å². The van der Waals surface area contributed by atoms with Crippen molar-refractivity contribution in [1.29, 1.82) is 10.5 Å². The number of carbonyl (C=O) groups is 1. The number of nitriles is 2. The molecule has 0 unspecified atom stereocenters. The van der Waals surface area contributed by atoms with E-state index in [1.54, 1.807) is 36.4 Å².